The van der Waals surface area contributed by atoms with Gasteiger partial charge in [0.2, 0.25) is 5.91 Å². The van der Waals surface area contributed by atoms with Gasteiger partial charge in [0, 0.05) is 11.4 Å². The molecule has 2 amide bonds. The van der Waals surface area contributed by atoms with E-state index in [0.29, 0.717) is 30.0 Å². The lowest BCUT2D eigenvalue weighted by Crippen LogP contribution is -2.36. The fourth-order valence-electron chi connectivity index (χ4n) is 3.99. The molecule has 0 aromatic heterocycles. The molecular weight excluding hydrogens is 500 g/mol. The summed E-state index contributed by atoms with van der Waals surface area (Å²) >= 11 is 0. The Hall–Kier alpha value is -3.93. The molecule has 3 aromatic rings. The van der Waals surface area contributed by atoms with Crippen LogP contribution in [-0.2, 0) is 20.4 Å². The van der Waals surface area contributed by atoms with Gasteiger partial charge in [0.15, 0.2) is 0 Å². The van der Waals surface area contributed by atoms with Crippen molar-refractivity contribution in [3.63, 3.8) is 0 Å². The van der Waals surface area contributed by atoms with E-state index < -0.39 is 27.9 Å². The van der Waals surface area contributed by atoms with Crippen molar-refractivity contribution in [2.45, 2.75) is 42.2 Å². The largest absolute Gasteiger partial charge is 0.481 e. The summed E-state index contributed by atoms with van der Waals surface area (Å²) in [5, 5.41) is 11.3. The van der Waals surface area contributed by atoms with Crippen LogP contribution in [0.5, 0.6) is 5.75 Å². The molecule has 0 aliphatic rings. The van der Waals surface area contributed by atoms with Crippen molar-refractivity contribution in [2.75, 3.05) is 13.2 Å². The van der Waals surface area contributed by atoms with Gasteiger partial charge in [0.05, 0.1) is 16.7 Å². The van der Waals surface area contributed by atoms with Crippen LogP contribution in [0, 0.1) is 11.8 Å². The summed E-state index contributed by atoms with van der Waals surface area (Å²) in [6.45, 7) is 2.38. The van der Waals surface area contributed by atoms with Crippen LogP contribution in [0.2, 0.25) is 0 Å². The second-order valence-electron chi connectivity index (χ2n) is 8.49. The molecule has 38 heavy (non-hydrogen) atoms. The Morgan fingerprint density at radius 3 is 2.05 bits per heavy atom. The van der Waals surface area contributed by atoms with E-state index in [4.69, 9.17) is 4.74 Å². The van der Waals surface area contributed by atoms with E-state index in [1.165, 1.54) is 0 Å². The summed E-state index contributed by atoms with van der Waals surface area (Å²) in [5.41, 5.74) is 3.44. The second-order valence-corrected chi connectivity index (χ2v) is 10.1. The highest BCUT2D eigenvalue weighted by molar-refractivity contribution is 7.86. The van der Waals surface area contributed by atoms with Crippen molar-refractivity contribution in [2.24, 2.45) is 0 Å². The highest BCUT2D eigenvalue weighted by atomic mass is 32.2. The Morgan fingerprint density at radius 1 is 0.895 bits per heavy atom. The molecule has 198 valence electrons. The first-order chi connectivity index (χ1) is 18.5. The fourth-order valence-corrected chi connectivity index (χ4v) is 5.35. The number of hydrogen-bond acceptors (Lipinski definition) is 5. The van der Waals surface area contributed by atoms with Crippen molar-refractivity contribution in [1.82, 2.24) is 10.8 Å². The van der Waals surface area contributed by atoms with Crippen molar-refractivity contribution < 1.29 is 23.7 Å². The van der Waals surface area contributed by atoms with Gasteiger partial charge in [-0.3, -0.25) is 19.0 Å². The molecular formula is C30H32N2O5S. The lowest BCUT2D eigenvalue weighted by Gasteiger charge is -2.18. The maximum Gasteiger partial charge on any atom is 0.259 e. The topological polar surface area (TPSA) is 105 Å². The number of carbonyl (C=O) groups is 2. The molecule has 2 unspecified atom stereocenters. The third-order valence-electron chi connectivity index (χ3n) is 5.93. The Morgan fingerprint density at radius 2 is 1.50 bits per heavy atom. The molecule has 2 atom stereocenters. The molecule has 0 aliphatic carbocycles. The van der Waals surface area contributed by atoms with E-state index in [-0.39, 0.29) is 18.9 Å². The van der Waals surface area contributed by atoms with Crippen LogP contribution in [0.1, 0.15) is 43.2 Å². The number of rotatable bonds is 13. The molecule has 0 bridgehead atoms. The summed E-state index contributed by atoms with van der Waals surface area (Å²) in [7, 11) is -1.68. The Balaban J connectivity index is 1.55. The Bertz CT molecular complexity index is 1220. The average Bonchev–Trinajstić information content (AvgIpc) is 2.96. The molecule has 3 N–H and O–H groups in total. The molecule has 7 nitrogen and oxygen atoms in total. The summed E-state index contributed by atoms with van der Waals surface area (Å²) in [5.74, 6) is 4.87. The second kappa shape index (κ2) is 15.4. The van der Waals surface area contributed by atoms with Crippen LogP contribution in [0.15, 0.2) is 89.8 Å². The zero-order valence-corrected chi connectivity index (χ0v) is 22.1. The normalized spacial score (nSPS) is 12.1. The summed E-state index contributed by atoms with van der Waals surface area (Å²) in [6.07, 6.45) is 1.39. The van der Waals surface area contributed by atoms with E-state index in [1.54, 1.807) is 36.7 Å². The maximum absolute atomic E-state index is 13.1. The van der Waals surface area contributed by atoms with Gasteiger partial charge in [-0.05, 0) is 61.6 Å². The minimum absolute atomic E-state index is 0.108. The van der Waals surface area contributed by atoms with Crippen molar-refractivity contribution in [1.29, 1.82) is 0 Å². The van der Waals surface area contributed by atoms with Crippen LogP contribution in [0.4, 0.5) is 0 Å². The Labute approximate surface area is 226 Å². The standard InChI is InChI=1S/C30H32N2O5S/c1-2-3-22-37-25-17-19-26(20-18-25)38(36)27(29(33)32-35)16-10-11-21-31-30(34)28(23-12-6-4-7-13-23)24-14-8-5-9-15-24/h4-9,12-15,17-20,27-28,35H,10-11,16,21-22H2,1H3,(H,31,34)(H,32,33). The van der Waals surface area contributed by atoms with E-state index >= 15 is 0 Å². The summed E-state index contributed by atoms with van der Waals surface area (Å²) in [4.78, 5) is 25.9. The predicted octanol–water partition coefficient (Wildman–Crippen LogP) is 4.19. The third kappa shape index (κ3) is 8.30. The zero-order valence-electron chi connectivity index (χ0n) is 21.3. The van der Waals surface area contributed by atoms with Gasteiger partial charge < -0.3 is 10.1 Å². The lowest BCUT2D eigenvalue weighted by molar-refractivity contribution is -0.128. The Kier molecular flexibility index (Phi) is 11.6. The van der Waals surface area contributed by atoms with E-state index in [1.807, 2.05) is 60.7 Å². The monoisotopic (exact) mass is 532 g/mol. The van der Waals surface area contributed by atoms with Crippen molar-refractivity contribution in [3.8, 4) is 17.6 Å². The van der Waals surface area contributed by atoms with Gasteiger partial charge >= 0.3 is 0 Å². The lowest BCUT2D eigenvalue weighted by atomic mass is 9.90. The first kappa shape index (κ1) is 28.6. The molecule has 8 heteroatoms. The number of hydroxylamine groups is 1. The van der Waals surface area contributed by atoms with Gasteiger partial charge in [-0.2, -0.15) is 0 Å². The highest BCUT2D eigenvalue weighted by Crippen LogP contribution is 2.25. The number of unbranched alkanes of at least 4 members (excludes halogenated alkanes) is 1. The zero-order chi connectivity index (χ0) is 27.2. The molecule has 0 saturated heterocycles. The minimum Gasteiger partial charge on any atom is -0.481 e. The average molecular weight is 533 g/mol. The number of amides is 2. The van der Waals surface area contributed by atoms with Gasteiger partial charge in [0.25, 0.3) is 5.91 Å². The summed E-state index contributed by atoms with van der Waals surface area (Å²) < 4.78 is 18.6. The molecule has 3 aromatic carbocycles. The van der Waals surface area contributed by atoms with Crippen LogP contribution in [-0.4, -0.2) is 39.6 Å². The number of ether oxygens (including phenoxy) is 1. The molecule has 0 aliphatic heterocycles. The number of benzene rings is 3. The number of carbonyl (C=O) groups excluding carboxylic acids is 2. The third-order valence-corrected chi connectivity index (χ3v) is 7.63. The SMILES string of the molecule is CC#CCOc1ccc(S(=O)C(CCCCNC(=O)C(c2ccccc2)c2ccccc2)C(=O)NO)cc1. The summed E-state index contributed by atoms with van der Waals surface area (Å²) in [6, 6.07) is 25.8. The quantitative estimate of drug-likeness (QED) is 0.133. The van der Waals surface area contributed by atoms with Crippen LogP contribution in [0.3, 0.4) is 0 Å². The predicted molar refractivity (Wildman–Crippen MR) is 147 cm³/mol. The molecule has 0 radical (unpaired) electrons. The maximum atomic E-state index is 13.1. The van der Waals surface area contributed by atoms with Crippen molar-refractivity contribution >= 4 is 22.6 Å². The van der Waals surface area contributed by atoms with Crippen LogP contribution >= 0.6 is 0 Å². The van der Waals surface area contributed by atoms with E-state index in [2.05, 4.69) is 17.2 Å². The minimum atomic E-state index is -1.68. The first-order valence-electron chi connectivity index (χ1n) is 12.4. The smallest absolute Gasteiger partial charge is 0.259 e. The fraction of sp³-hybridized carbons (Fsp3) is 0.267. The highest BCUT2D eigenvalue weighted by Gasteiger charge is 2.26. The number of nitrogens with one attached hydrogen (secondary N) is 2. The first-order valence-corrected chi connectivity index (χ1v) is 13.6. The molecule has 0 fully saturated rings. The van der Waals surface area contributed by atoms with Crippen molar-refractivity contribution in [3.05, 3.63) is 96.1 Å². The van der Waals surface area contributed by atoms with Gasteiger partial charge in [-0.25, -0.2) is 5.48 Å². The molecule has 0 heterocycles. The van der Waals surface area contributed by atoms with Gasteiger partial charge in [0.1, 0.15) is 17.6 Å². The van der Waals surface area contributed by atoms with Gasteiger partial charge in [-0.15, -0.1) is 5.92 Å². The van der Waals surface area contributed by atoms with Crippen LogP contribution in [0.25, 0.3) is 0 Å². The van der Waals surface area contributed by atoms with E-state index in [9.17, 15) is 19.0 Å². The molecule has 0 saturated carbocycles. The van der Waals surface area contributed by atoms with Gasteiger partial charge in [-0.1, -0.05) is 66.6 Å². The van der Waals surface area contributed by atoms with E-state index in [0.717, 1.165) is 11.1 Å². The van der Waals surface area contributed by atoms with Crippen LogP contribution < -0.4 is 15.5 Å². The number of hydrogen-bond donors (Lipinski definition) is 3. The molecule has 3 rings (SSSR count). The molecule has 0 spiro atoms.